The Bertz CT molecular complexity index is 307. The molecule has 1 saturated carbocycles. The number of amides is 2. The number of hydrogen-bond donors (Lipinski definition) is 3. The fourth-order valence-electron chi connectivity index (χ4n) is 2.38. The molecule has 0 bridgehead atoms. The molecule has 0 atom stereocenters. The fourth-order valence-corrected chi connectivity index (χ4v) is 2.38. The summed E-state index contributed by atoms with van der Waals surface area (Å²) in [7, 11) is 0. The lowest BCUT2D eigenvalue weighted by atomic mass is 9.81. The molecule has 3 N–H and O–H groups in total. The van der Waals surface area contributed by atoms with E-state index in [0.29, 0.717) is 18.8 Å². The summed E-state index contributed by atoms with van der Waals surface area (Å²) in [6, 6.07) is 0.00176. The van der Waals surface area contributed by atoms with Gasteiger partial charge in [0.1, 0.15) is 0 Å². The second kappa shape index (κ2) is 6.07. The first-order valence-corrected chi connectivity index (χ1v) is 6.71. The van der Waals surface area contributed by atoms with Crippen LogP contribution in [0.5, 0.6) is 0 Å². The van der Waals surface area contributed by atoms with Crippen molar-refractivity contribution in [2.75, 3.05) is 6.54 Å². The lowest BCUT2D eigenvalue weighted by Gasteiger charge is -2.34. The molecule has 0 radical (unpaired) electrons. The van der Waals surface area contributed by atoms with Gasteiger partial charge in [0.15, 0.2) is 0 Å². The first-order chi connectivity index (χ1) is 8.43. The molecule has 0 aromatic carbocycles. The largest absolute Gasteiger partial charge is 0.481 e. The van der Waals surface area contributed by atoms with Gasteiger partial charge in [-0.15, -0.1) is 0 Å². The maximum atomic E-state index is 11.6. The van der Waals surface area contributed by atoms with Crippen LogP contribution in [0.15, 0.2) is 0 Å². The van der Waals surface area contributed by atoms with Crippen molar-refractivity contribution in [1.82, 2.24) is 10.6 Å². The summed E-state index contributed by atoms with van der Waals surface area (Å²) in [5.74, 6) is -0.162. The van der Waals surface area contributed by atoms with Gasteiger partial charge < -0.3 is 15.7 Å². The van der Waals surface area contributed by atoms with Gasteiger partial charge >= 0.3 is 12.0 Å². The molecule has 5 heteroatoms. The van der Waals surface area contributed by atoms with Crippen molar-refractivity contribution in [3.8, 4) is 0 Å². The Morgan fingerprint density at radius 2 is 1.83 bits per heavy atom. The van der Waals surface area contributed by atoms with Crippen LogP contribution in [-0.2, 0) is 4.79 Å². The predicted octanol–water partition coefficient (Wildman–Crippen LogP) is 1.98. The summed E-state index contributed by atoms with van der Waals surface area (Å²) in [6.45, 7) is 6.01. The highest BCUT2D eigenvalue weighted by Crippen LogP contribution is 2.27. The Hall–Kier alpha value is -1.26. The van der Waals surface area contributed by atoms with E-state index in [4.69, 9.17) is 0 Å². The van der Waals surface area contributed by atoms with Crippen molar-refractivity contribution < 1.29 is 14.7 Å². The van der Waals surface area contributed by atoms with Gasteiger partial charge in [0.2, 0.25) is 0 Å². The van der Waals surface area contributed by atoms with E-state index in [0.717, 1.165) is 12.8 Å². The SMILES string of the molecule is CCC(CC)(CNC(=O)NC1CC(C)C1)C(=O)O. The molecule has 0 heterocycles. The van der Waals surface area contributed by atoms with Crippen LogP contribution < -0.4 is 10.6 Å². The average molecular weight is 256 g/mol. The van der Waals surface area contributed by atoms with Crippen molar-refractivity contribution in [2.45, 2.75) is 52.5 Å². The standard InChI is InChI=1S/C13H24N2O3/c1-4-13(5-2,11(16)17)8-14-12(18)15-10-6-9(3)7-10/h9-10H,4-8H2,1-3H3,(H,16,17)(H2,14,15,18). The number of nitrogens with one attached hydrogen (secondary N) is 2. The van der Waals surface area contributed by atoms with Gasteiger partial charge in [-0.1, -0.05) is 20.8 Å². The molecular weight excluding hydrogens is 232 g/mol. The van der Waals surface area contributed by atoms with E-state index >= 15 is 0 Å². The monoisotopic (exact) mass is 256 g/mol. The number of carboxylic acid groups (broad SMARTS) is 1. The number of carbonyl (C=O) groups is 2. The summed E-state index contributed by atoms with van der Waals surface area (Å²) in [5.41, 5.74) is -0.843. The Balaban J connectivity index is 2.37. The van der Waals surface area contributed by atoms with Gasteiger partial charge in [-0.25, -0.2) is 4.79 Å². The molecule has 104 valence electrons. The van der Waals surface area contributed by atoms with Gasteiger partial charge in [-0.3, -0.25) is 4.79 Å². The molecule has 5 nitrogen and oxygen atoms in total. The zero-order chi connectivity index (χ0) is 13.8. The number of aliphatic carboxylic acids is 1. The van der Waals surface area contributed by atoms with Crippen LogP contribution >= 0.6 is 0 Å². The minimum absolute atomic E-state index is 0.184. The third-order valence-electron chi connectivity index (χ3n) is 4.10. The second-order valence-corrected chi connectivity index (χ2v) is 5.39. The van der Waals surface area contributed by atoms with E-state index in [1.807, 2.05) is 13.8 Å². The third-order valence-corrected chi connectivity index (χ3v) is 4.10. The number of rotatable bonds is 6. The van der Waals surface area contributed by atoms with Crippen molar-refractivity contribution >= 4 is 12.0 Å². The van der Waals surface area contributed by atoms with Crippen molar-refractivity contribution in [2.24, 2.45) is 11.3 Å². The smallest absolute Gasteiger partial charge is 0.315 e. The average Bonchev–Trinajstić information content (AvgIpc) is 2.28. The van der Waals surface area contributed by atoms with Gasteiger partial charge in [0, 0.05) is 12.6 Å². The zero-order valence-corrected chi connectivity index (χ0v) is 11.5. The van der Waals surface area contributed by atoms with Crippen molar-refractivity contribution in [1.29, 1.82) is 0 Å². The van der Waals surface area contributed by atoms with Gasteiger partial charge in [0.05, 0.1) is 5.41 Å². The van der Waals surface area contributed by atoms with E-state index in [-0.39, 0.29) is 18.6 Å². The van der Waals surface area contributed by atoms with Crippen LogP contribution in [0.25, 0.3) is 0 Å². The molecule has 0 saturated heterocycles. The Morgan fingerprint density at radius 1 is 1.28 bits per heavy atom. The number of carbonyl (C=O) groups excluding carboxylic acids is 1. The summed E-state index contributed by atoms with van der Waals surface area (Å²) >= 11 is 0. The second-order valence-electron chi connectivity index (χ2n) is 5.39. The van der Waals surface area contributed by atoms with Gasteiger partial charge in [-0.05, 0) is 31.6 Å². The van der Waals surface area contributed by atoms with E-state index in [1.165, 1.54) is 0 Å². The van der Waals surface area contributed by atoms with Crippen LogP contribution in [0.3, 0.4) is 0 Å². The Kier molecular flexibility index (Phi) is 4.99. The van der Waals surface area contributed by atoms with Gasteiger partial charge in [-0.2, -0.15) is 0 Å². The highest BCUT2D eigenvalue weighted by molar-refractivity contribution is 5.78. The highest BCUT2D eigenvalue weighted by Gasteiger charge is 2.35. The molecule has 0 aliphatic heterocycles. The molecule has 18 heavy (non-hydrogen) atoms. The maximum Gasteiger partial charge on any atom is 0.315 e. The normalized spacial score (nSPS) is 23.1. The van der Waals surface area contributed by atoms with Crippen molar-refractivity contribution in [3.63, 3.8) is 0 Å². The van der Waals surface area contributed by atoms with Crippen LogP contribution in [-0.4, -0.2) is 29.7 Å². The summed E-state index contributed by atoms with van der Waals surface area (Å²) in [5, 5.41) is 14.8. The van der Waals surface area contributed by atoms with E-state index in [9.17, 15) is 14.7 Å². The van der Waals surface area contributed by atoms with Crippen molar-refractivity contribution in [3.05, 3.63) is 0 Å². The first kappa shape index (κ1) is 14.8. The fraction of sp³-hybridized carbons (Fsp3) is 0.846. The van der Waals surface area contributed by atoms with Crippen LogP contribution in [0, 0.1) is 11.3 Å². The Morgan fingerprint density at radius 3 is 2.22 bits per heavy atom. The molecule has 1 rings (SSSR count). The molecule has 0 spiro atoms. The van der Waals surface area contributed by atoms with Crippen LogP contribution in [0.1, 0.15) is 46.5 Å². The quantitative estimate of drug-likeness (QED) is 0.680. The molecule has 0 aromatic rings. The molecule has 0 unspecified atom stereocenters. The lowest BCUT2D eigenvalue weighted by Crippen LogP contribution is -2.51. The maximum absolute atomic E-state index is 11.6. The Labute approximate surface area is 108 Å². The van der Waals surface area contributed by atoms with Crippen LogP contribution in [0.2, 0.25) is 0 Å². The molecule has 1 aliphatic rings. The topological polar surface area (TPSA) is 78.4 Å². The minimum atomic E-state index is -0.843. The molecular formula is C13H24N2O3. The lowest BCUT2D eigenvalue weighted by molar-refractivity contribution is -0.149. The highest BCUT2D eigenvalue weighted by atomic mass is 16.4. The third kappa shape index (κ3) is 3.37. The molecule has 2 amide bonds. The zero-order valence-electron chi connectivity index (χ0n) is 11.5. The molecule has 1 aliphatic carbocycles. The summed E-state index contributed by atoms with van der Waals surface area (Å²) in [4.78, 5) is 22.9. The van der Waals surface area contributed by atoms with E-state index < -0.39 is 11.4 Å². The van der Waals surface area contributed by atoms with E-state index in [2.05, 4.69) is 17.6 Å². The summed E-state index contributed by atoms with van der Waals surface area (Å²) < 4.78 is 0. The number of carboxylic acids is 1. The van der Waals surface area contributed by atoms with Gasteiger partial charge in [0.25, 0.3) is 0 Å². The molecule has 1 fully saturated rings. The molecule has 0 aromatic heterocycles. The minimum Gasteiger partial charge on any atom is -0.481 e. The predicted molar refractivity (Wildman–Crippen MR) is 69.4 cm³/mol. The number of hydrogen-bond acceptors (Lipinski definition) is 2. The van der Waals surface area contributed by atoms with E-state index in [1.54, 1.807) is 0 Å². The number of urea groups is 1. The first-order valence-electron chi connectivity index (χ1n) is 6.71. The van der Waals surface area contributed by atoms with Crippen LogP contribution in [0.4, 0.5) is 4.79 Å². The summed E-state index contributed by atoms with van der Waals surface area (Å²) in [6.07, 6.45) is 3.05.